The van der Waals surface area contributed by atoms with Gasteiger partial charge in [-0.3, -0.25) is 14.8 Å². The Kier molecular flexibility index (Phi) is 5.87. The first kappa shape index (κ1) is 27.4. The van der Waals surface area contributed by atoms with Crippen LogP contribution in [0.25, 0.3) is 0 Å². The number of fused-ring (bicyclic) bond motifs is 7. The van der Waals surface area contributed by atoms with E-state index in [4.69, 9.17) is 9.62 Å². The summed E-state index contributed by atoms with van der Waals surface area (Å²) in [6.07, 6.45) is 10.3. The minimum atomic E-state index is -0.824. The van der Waals surface area contributed by atoms with Crippen molar-refractivity contribution in [3.8, 4) is 0 Å². The van der Waals surface area contributed by atoms with Crippen molar-refractivity contribution >= 4 is 11.8 Å². The van der Waals surface area contributed by atoms with Crippen molar-refractivity contribution < 1.29 is 24.5 Å². The lowest BCUT2D eigenvalue weighted by atomic mass is 9.33. The molecule has 37 heavy (non-hydrogen) atoms. The molecule has 0 aromatic carbocycles. The third-order valence-electron chi connectivity index (χ3n) is 13.3. The van der Waals surface area contributed by atoms with E-state index in [-0.39, 0.29) is 56.3 Å². The van der Waals surface area contributed by atoms with Crippen LogP contribution in [0.2, 0.25) is 0 Å². The summed E-state index contributed by atoms with van der Waals surface area (Å²) in [6.45, 7) is 19.9. The number of hydrogen-bond acceptors (Lipinski definition) is 5. The van der Waals surface area contributed by atoms with E-state index in [0.29, 0.717) is 5.92 Å². The van der Waals surface area contributed by atoms with Crippen molar-refractivity contribution in [3.05, 3.63) is 11.6 Å². The molecule has 0 aliphatic heterocycles. The van der Waals surface area contributed by atoms with Crippen molar-refractivity contribution in [1.29, 1.82) is 0 Å². The number of allylic oxidation sites excluding steroid dienone is 1. The molecule has 0 unspecified atom stereocenters. The number of ketones is 1. The molecule has 0 radical (unpaired) electrons. The molecule has 0 bridgehead atoms. The Morgan fingerprint density at radius 3 is 2.19 bits per heavy atom. The molecule has 0 saturated heterocycles. The van der Waals surface area contributed by atoms with E-state index in [0.717, 1.165) is 63.4 Å². The van der Waals surface area contributed by atoms with Gasteiger partial charge in [0.2, 0.25) is 0 Å². The van der Waals surface area contributed by atoms with E-state index in [1.54, 1.807) is 0 Å². The van der Waals surface area contributed by atoms with Crippen molar-refractivity contribution in [3.63, 3.8) is 0 Å². The highest BCUT2D eigenvalue weighted by Gasteiger charge is 2.73. The maximum Gasteiger partial charge on any atom is 0.302 e. The Morgan fingerprint density at radius 2 is 1.57 bits per heavy atom. The first-order valence-corrected chi connectivity index (χ1v) is 14.7. The molecule has 0 heterocycles. The Bertz CT molecular complexity index is 1040. The molecule has 5 heteroatoms. The van der Waals surface area contributed by atoms with Gasteiger partial charge in [-0.25, -0.2) is 4.89 Å². The first-order valence-electron chi connectivity index (χ1n) is 14.7. The number of esters is 1. The van der Waals surface area contributed by atoms with Gasteiger partial charge in [0.1, 0.15) is 11.7 Å². The normalized spacial score (nSPS) is 50.1. The molecule has 5 aliphatic carbocycles. The lowest BCUT2D eigenvalue weighted by Crippen LogP contribution is -2.70. The van der Waals surface area contributed by atoms with E-state index in [1.165, 1.54) is 6.92 Å². The van der Waals surface area contributed by atoms with Gasteiger partial charge >= 0.3 is 5.97 Å². The molecular formula is C32H50O5. The summed E-state index contributed by atoms with van der Waals surface area (Å²) in [4.78, 5) is 32.0. The molecule has 0 amide bonds. The van der Waals surface area contributed by atoms with Gasteiger partial charge in [0.15, 0.2) is 5.78 Å². The highest BCUT2D eigenvalue weighted by Crippen LogP contribution is 2.76. The maximum atomic E-state index is 14.5. The summed E-state index contributed by atoms with van der Waals surface area (Å²) >= 11 is 0. The monoisotopic (exact) mass is 514 g/mol. The van der Waals surface area contributed by atoms with Gasteiger partial charge in [-0.15, -0.1) is 0 Å². The van der Waals surface area contributed by atoms with E-state index in [9.17, 15) is 14.8 Å². The van der Waals surface area contributed by atoms with E-state index in [2.05, 4.69) is 55.4 Å². The van der Waals surface area contributed by atoms with Gasteiger partial charge in [-0.2, -0.15) is 0 Å². The number of carbonyl (C=O) groups excluding carboxylic acids is 2. The Labute approximate surface area is 224 Å². The van der Waals surface area contributed by atoms with Gasteiger partial charge in [0.05, 0.1) is 0 Å². The Balaban J connectivity index is 1.63. The SMILES string of the molecule is CC(=O)O[C@H]1CC[C@@]2(C)[C@H](CC[C@]3(C)[C@@H]2C(=O)C=C2[C@@]4(OO)CC(C)(C)CC[C@]4(C)CC[C@]23C)C1(C)C. The molecule has 1 N–H and O–H groups in total. The van der Waals surface area contributed by atoms with Crippen LogP contribution in [0.15, 0.2) is 11.6 Å². The van der Waals surface area contributed by atoms with Crippen molar-refractivity contribution in [2.24, 2.45) is 44.3 Å². The third-order valence-corrected chi connectivity index (χ3v) is 13.3. The van der Waals surface area contributed by atoms with Crippen LogP contribution < -0.4 is 0 Å². The number of carbonyl (C=O) groups is 2. The molecule has 4 fully saturated rings. The summed E-state index contributed by atoms with van der Waals surface area (Å²) in [5.41, 5.74) is -0.737. The average molecular weight is 515 g/mol. The molecule has 0 spiro atoms. The van der Waals surface area contributed by atoms with Gasteiger partial charge in [-0.05, 0) is 97.0 Å². The van der Waals surface area contributed by atoms with Gasteiger partial charge in [0, 0.05) is 23.7 Å². The molecule has 0 aromatic rings. The topological polar surface area (TPSA) is 72.8 Å². The van der Waals surface area contributed by atoms with Crippen molar-refractivity contribution in [2.75, 3.05) is 0 Å². The number of hydrogen-bond donors (Lipinski definition) is 1. The second-order valence-corrected chi connectivity index (χ2v) is 16.0. The zero-order valence-corrected chi connectivity index (χ0v) is 24.8. The Morgan fingerprint density at radius 1 is 0.919 bits per heavy atom. The van der Waals surface area contributed by atoms with Gasteiger partial charge in [0.25, 0.3) is 0 Å². The smallest absolute Gasteiger partial charge is 0.302 e. The van der Waals surface area contributed by atoms with Crippen LogP contribution in [0.5, 0.6) is 0 Å². The van der Waals surface area contributed by atoms with Gasteiger partial charge in [-0.1, -0.05) is 55.4 Å². The molecule has 8 atom stereocenters. The second kappa shape index (κ2) is 7.93. The minimum absolute atomic E-state index is 0.0326. The second-order valence-electron chi connectivity index (χ2n) is 16.0. The molecule has 208 valence electrons. The van der Waals surface area contributed by atoms with E-state index >= 15 is 0 Å². The summed E-state index contributed by atoms with van der Waals surface area (Å²) in [6, 6.07) is 0. The highest BCUT2D eigenvalue weighted by atomic mass is 17.1. The molecule has 4 saturated carbocycles. The quantitative estimate of drug-likeness (QED) is 0.234. The fourth-order valence-corrected chi connectivity index (χ4v) is 11.0. The summed E-state index contributed by atoms with van der Waals surface area (Å²) in [5, 5.41) is 10.7. The standard InChI is InChI=1S/C32H50O5/c1-20(33)36-24-11-12-29(7)22(27(24,4)5)10-13-31(9)25(29)21(34)18-23-30(31,8)17-16-28(6)15-14-26(2,3)19-32(23,28)37-35/h18,22,24-25,35H,10-17,19H2,1-9H3/t22-,24+,25-,28-,29+,30-,31-,32+/m1/s1. The molecule has 5 nitrogen and oxygen atoms in total. The maximum absolute atomic E-state index is 14.5. The fraction of sp³-hybridized carbons (Fsp3) is 0.875. The zero-order valence-electron chi connectivity index (χ0n) is 24.8. The first-order chi connectivity index (χ1) is 16.9. The van der Waals surface area contributed by atoms with Crippen molar-refractivity contribution in [2.45, 2.75) is 132 Å². The third kappa shape index (κ3) is 3.34. The van der Waals surface area contributed by atoms with Crippen LogP contribution in [0.4, 0.5) is 0 Å². The predicted octanol–water partition coefficient (Wildman–Crippen LogP) is 7.53. The lowest BCUT2D eigenvalue weighted by molar-refractivity contribution is -0.368. The van der Waals surface area contributed by atoms with Gasteiger partial charge < -0.3 is 4.74 Å². The predicted molar refractivity (Wildman–Crippen MR) is 144 cm³/mol. The summed E-state index contributed by atoms with van der Waals surface area (Å²) in [5.74, 6) is 0.199. The van der Waals surface area contributed by atoms with Crippen LogP contribution in [0.3, 0.4) is 0 Å². The summed E-state index contributed by atoms with van der Waals surface area (Å²) in [7, 11) is 0. The fourth-order valence-electron chi connectivity index (χ4n) is 11.0. The van der Waals surface area contributed by atoms with Crippen LogP contribution in [-0.2, 0) is 19.2 Å². The van der Waals surface area contributed by atoms with Crippen LogP contribution in [0.1, 0.15) is 120 Å². The lowest BCUT2D eigenvalue weighted by Gasteiger charge is -2.72. The molecule has 5 aliphatic rings. The van der Waals surface area contributed by atoms with E-state index < -0.39 is 5.60 Å². The molecule has 5 rings (SSSR count). The number of ether oxygens (including phenoxy) is 1. The largest absolute Gasteiger partial charge is 0.462 e. The number of rotatable bonds is 2. The van der Waals surface area contributed by atoms with Crippen LogP contribution in [-0.4, -0.2) is 28.7 Å². The molecule has 0 aromatic heterocycles. The zero-order chi connectivity index (χ0) is 27.4. The average Bonchev–Trinajstić information content (AvgIpc) is 2.78. The van der Waals surface area contributed by atoms with Crippen molar-refractivity contribution in [1.82, 2.24) is 0 Å². The van der Waals surface area contributed by atoms with E-state index in [1.807, 2.05) is 6.08 Å². The Hall–Kier alpha value is -1.20. The summed E-state index contributed by atoms with van der Waals surface area (Å²) < 4.78 is 5.83. The molecular weight excluding hydrogens is 464 g/mol. The highest BCUT2D eigenvalue weighted by molar-refractivity contribution is 5.96. The van der Waals surface area contributed by atoms with Crippen LogP contribution in [0, 0.1) is 44.3 Å². The van der Waals surface area contributed by atoms with Crippen LogP contribution >= 0.6 is 0 Å². The minimum Gasteiger partial charge on any atom is -0.462 e.